The summed E-state index contributed by atoms with van der Waals surface area (Å²) in [6.07, 6.45) is 1.66. The monoisotopic (exact) mass is 268 g/mol. The van der Waals surface area contributed by atoms with Crippen LogP contribution in [0.1, 0.15) is 10.7 Å². The maximum atomic E-state index is 11.8. The van der Waals surface area contributed by atoms with E-state index in [1.807, 2.05) is 17.7 Å². The molecule has 1 N–H and O–H groups in total. The van der Waals surface area contributed by atoms with Crippen LogP contribution < -0.4 is 5.32 Å². The molecule has 0 aliphatic rings. The number of hydrogen-bond acceptors (Lipinski definition) is 5. The Balaban J connectivity index is 1.91. The summed E-state index contributed by atoms with van der Waals surface area (Å²) in [5.41, 5.74) is 0.907. The van der Waals surface area contributed by atoms with Crippen molar-refractivity contribution in [2.75, 3.05) is 12.4 Å². The number of thiazole rings is 2. The molecule has 0 saturated heterocycles. The van der Waals surface area contributed by atoms with E-state index in [0.29, 0.717) is 11.7 Å². The minimum absolute atomic E-state index is 0.175. The normalized spacial score (nSPS) is 10.2. The molecule has 0 radical (unpaired) electrons. The van der Waals surface area contributed by atoms with Gasteiger partial charge in [0.05, 0.1) is 17.2 Å². The molecule has 2 heterocycles. The first kappa shape index (κ1) is 12.0. The second-order valence-electron chi connectivity index (χ2n) is 3.48. The minimum atomic E-state index is -0.175. The first-order valence-corrected chi connectivity index (χ1v) is 6.73. The van der Waals surface area contributed by atoms with E-state index in [1.165, 1.54) is 11.3 Å². The molecule has 0 fully saturated rings. The number of carbonyl (C=O) groups is 1. The van der Waals surface area contributed by atoms with Crippen molar-refractivity contribution in [1.29, 1.82) is 0 Å². The zero-order valence-corrected chi connectivity index (χ0v) is 11.1. The highest BCUT2D eigenvalue weighted by molar-refractivity contribution is 7.13. The van der Waals surface area contributed by atoms with Gasteiger partial charge in [0.15, 0.2) is 5.13 Å². The summed E-state index contributed by atoms with van der Waals surface area (Å²) in [6.45, 7) is 2.45. The number of urea groups is 1. The first-order chi connectivity index (χ1) is 8.15. The maximum absolute atomic E-state index is 11.8. The molecule has 0 aliphatic heterocycles. The lowest BCUT2D eigenvalue weighted by Gasteiger charge is -2.15. The van der Waals surface area contributed by atoms with Crippen LogP contribution >= 0.6 is 22.7 Å². The number of carbonyl (C=O) groups excluding carboxylic acids is 1. The Kier molecular flexibility index (Phi) is 3.70. The number of rotatable bonds is 3. The van der Waals surface area contributed by atoms with Gasteiger partial charge >= 0.3 is 6.03 Å². The van der Waals surface area contributed by atoms with Crippen LogP contribution in [0, 0.1) is 6.92 Å². The largest absolute Gasteiger partial charge is 0.323 e. The molecule has 0 saturated carbocycles. The fourth-order valence-corrected chi connectivity index (χ4v) is 2.39. The third kappa shape index (κ3) is 3.24. The Labute approximate surface area is 107 Å². The molecule has 7 heteroatoms. The molecule has 2 aromatic heterocycles. The molecule has 0 aliphatic carbocycles. The third-order valence-corrected chi connectivity index (χ3v) is 3.57. The molecule has 0 spiro atoms. The van der Waals surface area contributed by atoms with Crippen molar-refractivity contribution >= 4 is 33.8 Å². The van der Waals surface area contributed by atoms with Crippen molar-refractivity contribution in [2.45, 2.75) is 13.5 Å². The van der Waals surface area contributed by atoms with Crippen molar-refractivity contribution in [2.24, 2.45) is 0 Å². The van der Waals surface area contributed by atoms with E-state index >= 15 is 0 Å². The van der Waals surface area contributed by atoms with Gasteiger partial charge < -0.3 is 4.90 Å². The molecule has 5 nitrogen and oxygen atoms in total. The summed E-state index contributed by atoms with van der Waals surface area (Å²) < 4.78 is 0. The Morgan fingerprint density at radius 2 is 2.35 bits per heavy atom. The van der Waals surface area contributed by atoms with E-state index in [9.17, 15) is 4.79 Å². The molecule has 2 aromatic rings. The molecular formula is C10H12N4OS2. The Morgan fingerprint density at radius 3 is 2.94 bits per heavy atom. The van der Waals surface area contributed by atoms with E-state index in [4.69, 9.17) is 0 Å². The summed E-state index contributed by atoms with van der Waals surface area (Å²) in [7, 11) is 1.73. The Bertz CT molecular complexity index is 494. The highest BCUT2D eigenvalue weighted by atomic mass is 32.1. The average molecular weight is 268 g/mol. The maximum Gasteiger partial charge on any atom is 0.323 e. The number of aryl methyl sites for hydroxylation is 1. The topological polar surface area (TPSA) is 58.1 Å². The smallest absolute Gasteiger partial charge is 0.322 e. The lowest BCUT2D eigenvalue weighted by atomic mass is 10.4. The number of nitrogens with one attached hydrogen (secondary N) is 1. The second-order valence-corrected chi connectivity index (χ2v) is 5.44. The third-order valence-electron chi connectivity index (χ3n) is 2.06. The molecule has 2 rings (SSSR count). The second kappa shape index (κ2) is 5.24. The van der Waals surface area contributed by atoms with Crippen molar-refractivity contribution in [3.63, 3.8) is 0 Å². The highest BCUT2D eigenvalue weighted by Crippen LogP contribution is 2.13. The van der Waals surface area contributed by atoms with Crippen LogP contribution in [-0.2, 0) is 6.54 Å². The van der Waals surface area contributed by atoms with Crippen LogP contribution in [0.2, 0.25) is 0 Å². The van der Waals surface area contributed by atoms with Gasteiger partial charge in [0.25, 0.3) is 0 Å². The quantitative estimate of drug-likeness (QED) is 0.930. The Hall–Kier alpha value is -1.47. The van der Waals surface area contributed by atoms with Gasteiger partial charge in [-0.1, -0.05) is 0 Å². The van der Waals surface area contributed by atoms with E-state index in [1.54, 1.807) is 29.5 Å². The molecular weight excluding hydrogens is 256 g/mol. The molecule has 2 amide bonds. The summed E-state index contributed by atoms with van der Waals surface area (Å²) in [6, 6.07) is -0.175. The van der Waals surface area contributed by atoms with Gasteiger partial charge in [0, 0.05) is 24.0 Å². The van der Waals surface area contributed by atoms with Gasteiger partial charge in [-0.3, -0.25) is 5.32 Å². The minimum Gasteiger partial charge on any atom is -0.322 e. The number of aromatic nitrogens is 2. The summed E-state index contributed by atoms with van der Waals surface area (Å²) in [5, 5.41) is 8.11. The summed E-state index contributed by atoms with van der Waals surface area (Å²) in [5.74, 6) is 0. The molecule has 0 unspecified atom stereocenters. The van der Waals surface area contributed by atoms with Gasteiger partial charge in [-0.15, -0.1) is 22.7 Å². The van der Waals surface area contributed by atoms with Crippen molar-refractivity contribution in [3.05, 3.63) is 27.7 Å². The fourth-order valence-electron chi connectivity index (χ4n) is 1.27. The standard InChI is InChI=1S/C10H12N4OS2/c1-7-12-8(6-17-7)5-14(2)10(15)13-9-11-3-4-16-9/h3-4,6H,5H2,1-2H3,(H,11,13,15). The molecule has 0 aromatic carbocycles. The van der Waals surface area contributed by atoms with Crippen molar-refractivity contribution in [1.82, 2.24) is 14.9 Å². The zero-order chi connectivity index (χ0) is 12.3. The predicted molar refractivity (Wildman–Crippen MR) is 69.5 cm³/mol. The van der Waals surface area contributed by atoms with E-state index in [-0.39, 0.29) is 6.03 Å². The van der Waals surface area contributed by atoms with Crippen LogP contribution in [0.5, 0.6) is 0 Å². The van der Waals surface area contributed by atoms with Crippen molar-refractivity contribution in [3.8, 4) is 0 Å². The van der Waals surface area contributed by atoms with Gasteiger partial charge in [-0.25, -0.2) is 14.8 Å². The van der Waals surface area contributed by atoms with Crippen LogP contribution in [0.4, 0.5) is 9.93 Å². The van der Waals surface area contributed by atoms with Gasteiger partial charge in [-0.05, 0) is 6.92 Å². The molecule has 0 bridgehead atoms. The number of hydrogen-bond donors (Lipinski definition) is 1. The number of nitrogens with zero attached hydrogens (tertiary/aromatic N) is 3. The van der Waals surface area contributed by atoms with Gasteiger partial charge in [0.1, 0.15) is 0 Å². The van der Waals surface area contributed by atoms with Crippen molar-refractivity contribution < 1.29 is 4.79 Å². The first-order valence-electron chi connectivity index (χ1n) is 4.98. The molecule has 90 valence electrons. The summed E-state index contributed by atoms with van der Waals surface area (Å²) >= 11 is 2.98. The fraction of sp³-hybridized carbons (Fsp3) is 0.300. The highest BCUT2D eigenvalue weighted by Gasteiger charge is 2.11. The average Bonchev–Trinajstić information content (AvgIpc) is 2.90. The van der Waals surface area contributed by atoms with E-state index < -0.39 is 0 Å². The zero-order valence-electron chi connectivity index (χ0n) is 9.51. The van der Waals surface area contributed by atoms with Gasteiger partial charge in [-0.2, -0.15) is 0 Å². The SMILES string of the molecule is Cc1nc(CN(C)C(=O)Nc2nccs2)cs1. The Morgan fingerprint density at radius 1 is 1.53 bits per heavy atom. The number of amides is 2. The lowest BCUT2D eigenvalue weighted by molar-refractivity contribution is 0.220. The van der Waals surface area contributed by atoms with E-state index in [2.05, 4.69) is 15.3 Å². The lowest BCUT2D eigenvalue weighted by Crippen LogP contribution is -2.30. The predicted octanol–water partition coefficient (Wildman–Crippen LogP) is 2.57. The van der Waals surface area contributed by atoms with Crippen LogP contribution in [0.3, 0.4) is 0 Å². The van der Waals surface area contributed by atoms with Gasteiger partial charge in [0.2, 0.25) is 0 Å². The van der Waals surface area contributed by atoms with Crippen LogP contribution in [0.15, 0.2) is 17.0 Å². The van der Waals surface area contributed by atoms with Crippen LogP contribution in [-0.4, -0.2) is 27.9 Å². The van der Waals surface area contributed by atoms with Crippen LogP contribution in [0.25, 0.3) is 0 Å². The van der Waals surface area contributed by atoms with E-state index in [0.717, 1.165) is 10.7 Å². The molecule has 17 heavy (non-hydrogen) atoms. The number of anilines is 1. The molecule has 0 atom stereocenters. The summed E-state index contributed by atoms with van der Waals surface area (Å²) in [4.78, 5) is 21.7.